The molecule has 2 atom stereocenters. The predicted molar refractivity (Wildman–Crippen MR) is 63.1 cm³/mol. The van der Waals surface area contributed by atoms with Crippen molar-refractivity contribution < 1.29 is 24.5 Å². The number of hydrogen-bond acceptors (Lipinski definition) is 5. The average Bonchev–Trinajstić information content (AvgIpc) is 2.26. The van der Waals surface area contributed by atoms with E-state index in [1.54, 1.807) is 0 Å². The lowest BCUT2D eigenvalue weighted by molar-refractivity contribution is -0.142. The first-order chi connectivity index (χ1) is 8.39. The van der Waals surface area contributed by atoms with E-state index in [2.05, 4.69) is 10.6 Å². The van der Waals surface area contributed by atoms with Crippen molar-refractivity contribution in [3.8, 4) is 0 Å². The Morgan fingerprint density at radius 2 is 2.28 bits per heavy atom. The molecule has 0 bridgehead atoms. The fourth-order valence-corrected chi connectivity index (χ4v) is 1.72. The molecule has 0 aromatic carbocycles. The molecule has 1 amide bonds. The summed E-state index contributed by atoms with van der Waals surface area (Å²) in [4.78, 5) is 22.1. The summed E-state index contributed by atoms with van der Waals surface area (Å²) >= 11 is 0. The lowest BCUT2D eigenvalue weighted by atomic mass is 10.0. The Balaban J connectivity index is 2.25. The predicted octanol–water partition coefficient (Wildman–Crippen LogP) is -1.29. The van der Waals surface area contributed by atoms with Crippen molar-refractivity contribution in [1.82, 2.24) is 10.6 Å². The standard InChI is InChI=1S/C11H20N2O5/c1-11(17,5-10(15)16)7-13-9(14)4-8-6-18-3-2-12-8/h8,12,17H,2-7H2,1H3,(H,13,14)(H,15,16). The zero-order chi connectivity index (χ0) is 13.6. The topological polar surface area (TPSA) is 108 Å². The van der Waals surface area contributed by atoms with Gasteiger partial charge < -0.3 is 25.6 Å². The van der Waals surface area contributed by atoms with Crippen LogP contribution in [0.4, 0.5) is 0 Å². The fourth-order valence-electron chi connectivity index (χ4n) is 1.72. The van der Waals surface area contributed by atoms with Gasteiger partial charge >= 0.3 is 5.97 Å². The second kappa shape index (κ2) is 6.67. The van der Waals surface area contributed by atoms with Crippen molar-refractivity contribution in [2.45, 2.75) is 31.4 Å². The molecule has 0 aromatic heterocycles. The minimum absolute atomic E-state index is 0.0248. The second-order valence-corrected chi connectivity index (χ2v) is 4.77. The maximum absolute atomic E-state index is 11.6. The Labute approximate surface area is 106 Å². The van der Waals surface area contributed by atoms with E-state index in [0.29, 0.717) is 19.8 Å². The van der Waals surface area contributed by atoms with Crippen LogP contribution in [0.3, 0.4) is 0 Å². The Kier molecular flexibility index (Phi) is 5.52. The molecule has 1 rings (SSSR count). The van der Waals surface area contributed by atoms with Crippen LogP contribution < -0.4 is 10.6 Å². The highest BCUT2D eigenvalue weighted by molar-refractivity contribution is 5.76. The largest absolute Gasteiger partial charge is 0.481 e. The number of carbonyl (C=O) groups excluding carboxylic acids is 1. The lowest BCUT2D eigenvalue weighted by Crippen LogP contribution is -2.47. The van der Waals surface area contributed by atoms with Crippen molar-refractivity contribution in [2.75, 3.05) is 26.3 Å². The molecule has 0 saturated carbocycles. The molecular weight excluding hydrogens is 240 g/mol. The van der Waals surface area contributed by atoms with Gasteiger partial charge in [-0.2, -0.15) is 0 Å². The first kappa shape index (κ1) is 14.9. The number of rotatable bonds is 6. The Bertz CT molecular complexity index is 300. The zero-order valence-electron chi connectivity index (χ0n) is 10.4. The number of hydrogen-bond donors (Lipinski definition) is 4. The van der Waals surface area contributed by atoms with E-state index in [1.165, 1.54) is 6.92 Å². The summed E-state index contributed by atoms with van der Waals surface area (Å²) in [6.45, 7) is 3.15. The molecule has 4 N–H and O–H groups in total. The van der Waals surface area contributed by atoms with Gasteiger partial charge in [0.25, 0.3) is 0 Å². The van der Waals surface area contributed by atoms with E-state index >= 15 is 0 Å². The van der Waals surface area contributed by atoms with Crippen LogP contribution in [-0.2, 0) is 14.3 Å². The maximum Gasteiger partial charge on any atom is 0.306 e. The highest BCUT2D eigenvalue weighted by Gasteiger charge is 2.25. The van der Waals surface area contributed by atoms with E-state index < -0.39 is 18.0 Å². The molecule has 0 radical (unpaired) electrons. The number of aliphatic hydroxyl groups is 1. The number of aliphatic carboxylic acids is 1. The van der Waals surface area contributed by atoms with Crippen LogP contribution in [-0.4, -0.2) is 60.0 Å². The third-order valence-corrected chi connectivity index (χ3v) is 2.63. The molecule has 1 heterocycles. The molecule has 2 unspecified atom stereocenters. The van der Waals surface area contributed by atoms with Gasteiger partial charge in [0, 0.05) is 25.6 Å². The van der Waals surface area contributed by atoms with Gasteiger partial charge in [0.2, 0.25) is 5.91 Å². The highest BCUT2D eigenvalue weighted by Crippen LogP contribution is 2.07. The van der Waals surface area contributed by atoms with Gasteiger partial charge in [-0.1, -0.05) is 0 Å². The van der Waals surface area contributed by atoms with Gasteiger partial charge in [0.05, 0.1) is 25.2 Å². The molecule has 1 aliphatic heterocycles. The van der Waals surface area contributed by atoms with Gasteiger partial charge in [0.15, 0.2) is 0 Å². The smallest absolute Gasteiger partial charge is 0.306 e. The molecule has 18 heavy (non-hydrogen) atoms. The van der Waals surface area contributed by atoms with Crippen molar-refractivity contribution >= 4 is 11.9 Å². The normalized spacial score (nSPS) is 23.1. The monoisotopic (exact) mass is 260 g/mol. The van der Waals surface area contributed by atoms with Crippen LogP contribution in [0.15, 0.2) is 0 Å². The summed E-state index contributed by atoms with van der Waals surface area (Å²) in [5.41, 5.74) is -1.43. The van der Waals surface area contributed by atoms with Crippen molar-refractivity contribution in [3.05, 3.63) is 0 Å². The van der Waals surface area contributed by atoms with Gasteiger partial charge in [-0.25, -0.2) is 0 Å². The van der Waals surface area contributed by atoms with Gasteiger partial charge in [-0.15, -0.1) is 0 Å². The van der Waals surface area contributed by atoms with E-state index in [4.69, 9.17) is 9.84 Å². The number of amides is 1. The van der Waals surface area contributed by atoms with Crippen LogP contribution in [0.1, 0.15) is 19.8 Å². The number of ether oxygens (including phenoxy) is 1. The average molecular weight is 260 g/mol. The van der Waals surface area contributed by atoms with E-state index in [9.17, 15) is 14.7 Å². The molecule has 104 valence electrons. The molecule has 7 nitrogen and oxygen atoms in total. The van der Waals surface area contributed by atoms with Gasteiger partial charge in [0.1, 0.15) is 0 Å². The quantitative estimate of drug-likeness (QED) is 0.473. The molecule has 0 aromatic rings. The summed E-state index contributed by atoms with van der Waals surface area (Å²) in [7, 11) is 0. The number of morpholine rings is 1. The zero-order valence-corrected chi connectivity index (χ0v) is 10.4. The lowest BCUT2D eigenvalue weighted by Gasteiger charge is -2.25. The number of nitrogens with one attached hydrogen (secondary N) is 2. The molecular formula is C11H20N2O5. The summed E-state index contributed by atoms with van der Waals surface area (Å²) in [5.74, 6) is -1.33. The first-order valence-corrected chi connectivity index (χ1v) is 5.91. The van der Waals surface area contributed by atoms with Crippen LogP contribution in [0.25, 0.3) is 0 Å². The summed E-state index contributed by atoms with van der Waals surface area (Å²) in [6, 6.07) is -0.0248. The van der Waals surface area contributed by atoms with Crippen molar-refractivity contribution in [2.24, 2.45) is 0 Å². The summed E-state index contributed by atoms with van der Waals surface area (Å²) in [6.07, 6.45) is -0.152. The molecule has 1 saturated heterocycles. The van der Waals surface area contributed by atoms with Crippen molar-refractivity contribution in [1.29, 1.82) is 0 Å². The summed E-state index contributed by atoms with van der Waals surface area (Å²) in [5, 5.41) is 23.9. The molecule has 1 fully saturated rings. The molecule has 0 spiro atoms. The molecule has 7 heteroatoms. The fraction of sp³-hybridized carbons (Fsp3) is 0.818. The maximum atomic E-state index is 11.6. The Morgan fingerprint density at radius 1 is 1.56 bits per heavy atom. The van der Waals surface area contributed by atoms with Crippen LogP contribution in [0.2, 0.25) is 0 Å². The Morgan fingerprint density at radius 3 is 2.83 bits per heavy atom. The van der Waals surface area contributed by atoms with Crippen LogP contribution in [0, 0.1) is 0 Å². The third-order valence-electron chi connectivity index (χ3n) is 2.63. The SMILES string of the molecule is CC(O)(CNC(=O)CC1COCCN1)CC(=O)O. The highest BCUT2D eigenvalue weighted by atomic mass is 16.5. The minimum Gasteiger partial charge on any atom is -0.481 e. The third kappa shape index (κ3) is 5.95. The van der Waals surface area contributed by atoms with E-state index in [1.807, 2.05) is 0 Å². The second-order valence-electron chi connectivity index (χ2n) is 4.77. The minimum atomic E-state index is -1.43. The Hall–Kier alpha value is -1.18. The van der Waals surface area contributed by atoms with E-state index in [0.717, 1.165) is 0 Å². The summed E-state index contributed by atoms with van der Waals surface area (Å²) < 4.78 is 5.21. The van der Waals surface area contributed by atoms with Gasteiger partial charge in [-0.05, 0) is 6.92 Å². The molecule has 1 aliphatic rings. The van der Waals surface area contributed by atoms with Gasteiger partial charge in [-0.3, -0.25) is 9.59 Å². The first-order valence-electron chi connectivity index (χ1n) is 5.91. The van der Waals surface area contributed by atoms with Crippen molar-refractivity contribution in [3.63, 3.8) is 0 Å². The number of carboxylic acid groups (broad SMARTS) is 1. The van der Waals surface area contributed by atoms with Crippen LogP contribution >= 0.6 is 0 Å². The number of carbonyl (C=O) groups is 2. The van der Waals surface area contributed by atoms with E-state index in [-0.39, 0.29) is 24.9 Å². The van der Waals surface area contributed by atoms with Crippen LogP contribution in [0.5, 0.6) is 0 Å². The molecule has 0 aliphatic carbocycles. The number of carboxylic acids is 1.